The number of allylic oxidation sites excluding steroid dienone is 2. The summed E-state index contributed by atoms with van der Waals surface area (Å²) in [6, 6.07) is 0. The molecule has 0 aromatic heterocycles. The standard InChI is InChI=1S/C4H6O2S2.Na.H/c5-7-6-8-3-1-2-4-8;;/h1-4,7-8H;;. The summed E-state index contributed by atoms with van der Waals surface area (Å²) in [4.78, 5) is 0. The van der Waals surface area contributed by atoms with Gasteiger partial charge in [-0.05, 0) is 10.8 Å². The molecule has 0 aromatic rings. The average Bonchev–Trinajstić information content (AvgIpc) is 2.19. The minimum atomic E-state index is -0.631. The average molecular weight is 174 g/mol. The van der Waals surface area contributed by atoms with Gasteiger partial charge < -0.3 is 0 Å². The molecule has 9 heavy (non-hydrogen) atoms. The molecule has 1 rings (SSSR count). The molecule has 0 bridgehead atoms. The van der Waals surface area contributed by atoms with Gasteiger partial charge in [-0.3, -0.25) is 0 Å². The Hall–Kier alpha value is 0.940. The maximum atomic E-state index is 9.78. The minimum absolute atomic E-state index is 0. The molecule has 48 valence electrons. The molecular formula is C4H7NaO2S2. The van der Waals surface area contributed by atoms with Gasteiger partial charge in [0, 0.05) is 0 Å². The molecule has 5 heteroatoms. The van der Waals surface area contributed by atoms with E-state index >= 15 is 0 Å². The Morgan fingerprint density at radius 1 is 1.33 bits per heavy atom. The summed E-state index contributed by atoms with van der Waals surface area (Å²) in [5, 5.41) is 3.78. The molecular weight excluding hydrogens is 167 g/mol. The van der Waals surface area contributed by atoms with Crippen LogP contribution in [0.1, 0.15) is 0 Å². The van der Waals surface area contributed by atoms with Crippen molar-refractivity contribution in [2.24, 2.45) is 0 Å². The second kappa shape index (κ2) is 5.70. The summed E-state index contributed by atoms with van der Waals surface area (Å²) in [6.07, 6.45) is 3.77. The fraction of sp³-hybridized carbons (Fsp3) is 0. The molecule has 0 N–H and O–H groups in total. The molecule has 1 aliphatic heterocycles. The molecule has 0 saturated heterocycles. The van der Waals surface area contributed by atoms with Crippen LogP contribution in [0, 0.1) is 0 Å². The van der Waals surface area contributed by atoms with Crippen molar-refractivity contribution in [1.29, 1.82) is 0 Å². The quantitative estimate of drug-likeness (QED) is 0.461. The number of rotatable bonds is 2. The molecule has 2 nitrogen and oxygen atoms in total. The van der Waals surface area contributed by atoms with Crippen LogP contribution in [-0.4, -0.2) is 33.8 Å². The van der Waals surface area contributed by atoms with E-state index in [4.69, 9.17) is 3.63 Å². The monoisotopic (exact) mass is 174 g/mol. The fourth-order valence-corrected chi connectivity index (χ4v) is 1.79. The van der Waals surface area contributed by atoms with E-state index in [0.717, 1.165) is 0 Å². The first-order chi connectivity index (χ1) is 3.93. The van der Waals surface area contributed by atoms with Crippen molar-refractivity contribution in [1.82, 2.24) is 0 Å². The molecule has 0 amide bonds. The molecule has 0 atom stereocenters. The summed E-state index contributed by atoms with van der Waals surface area (Å²) < 4.78 is 14.5. The van der Waals surface area contributed by atoms with Gasteiger partial charge in [-0.15, -0.1) is 0 Å². The Kier molecular flexibility index (Phi) is 6.30. The van der Waals surface area contributed by atoms with Gasteiger partial charge in [-0.1, -0.05) is 23.3 Å². The second-order valence-electron chi connectivity index (χ2n) is 1.20. The predicted molar refractivity (Wildman–Crippen MR) is 45.0 cm³/mol. The Bertz CT molecular complexity index is 134. The van der Waals surface area contributed by atoms with Gasteiger partial charge in [-0.25, -0.2) is 7.84 Å². The van der Waals surface area contributed by atoms with Crippen LogP contribution in [-0.2, 0) is 15.6 Å². The molecule has 0 radical (unpaired) electrons. The molecule has 1 aliphatic rings. The maximum absolute atomic E-state index is 9.78. The third-order valence-electron chi connectivity index (χ3n) is 0.705. The molecule has 0 unspecified atom stereocenters. The zero-order valence-corrected chi connectivity index (χ0v) is 5.81. The first-order valence-corrected chi connectivity index (χ1v) is 4.19. The van der Waals surface area contributed by atoms with E-state index in [1.165, 1.54) is 0 Å². The van der Waals surface area contributed by atoms with Crippen molar-refractivity contribution >= 4 is 52.7 Å². The Morgan fingerprint density at radius 2 is 1.89 bits per heavy atom. The predicted octanol–water partition coefficient (Wildman–Crippen LogP) is 0.172. The van der Waals surface area contributed by atoms with Crippen LogP contribution in [0.5, 0.6) is 0 Å². The molecule has 0 fully saturated rings. The summed E-state index contributed by atoms with van der Waals surface area (Å²) in [5.74, 6) is 0. The van der Waals surface area contributed by atoms with Gasteiger partial charge >= 0.3 is 29.6 Å². The van der Waals surface area contributed by atoms with E-state index in [2.05, 4.69) is 0 Å². The molecule has 0 saturated carbocycles. The van der Waals surface area contributed by atoms with E-state index in [1.54, 1.807) is 0 Å². The van der Waals surface area contributed by atoms with Crippen molar-refractivity contribution in [2.45, 2.75) is 0 Å². The van der Waals surface area contributed by atoms with Crippen LogP contribution >= 0.6 is 11.2 Å². The van der Waals surface area contributed by atoms with E-state index in [0.29, 0.717) is 0 Å². The van der Waals surface area contributed by atoms with Crippen molar-refractivity contribution in [3.8, 4) is 0 Å². The molecule has 0 aromatic carbocycles. The molecule has 0 aliphatic carbocycles. The summed E-state index contributed by atoms with van der Waals surface area (Å²) in [6.45, 7) is 0. The fourth-order valence-electron chi connectivity index (χ4n) is 0.412. The van der Waals surface area contributed by atoms with Gasteiger partial charge in [0.25, 0.3) is 0 Å². The Balaban J connectivity index is 0.000000640. The van der Waals surface area contributed by atoms with E-state index < -0.39 is 11.2 Å². The van der Waals surface area contributed by atoms with Crippen LogP contribution in [0.4, 0.5) is 0 Å². The van der Waals surface area contributed by atoms with E-state index in [9.17, 15) is 4.21 Å². The van der Waals surface area contributed by atoms with E-state index in [1.807, 2.05) is 23.0 Å². The van der Waals surface area contributed by atoms with Crippen LogP contribution in [0.2, 0.25) is 0 Å². The molecule has 0 spiro atoms. The summed E-state index contributed by atoms with van der Waals surface area (Å²) >= 11 is -0.860. The number of hydrogen-bond acceptors (Lipinski definition) is 2. The van der Waals surface area contributed by atoms with Gasteiger partial charge in [0.15, 0.2) is 11.9 Å². The molecule has 1 heterocycles. The van der Waals surface area contributed by atoms with Gasteiger partial charge in [0.05, 0.1) is 0 Å². The third-order valence-corrected chi connectivity index (χ3v) is 2.66. The first kappa shape index (κ1) is 9.94. The second-order valence-corrected chi connectivity index (χ2v) is 3.32. The van der Waals surface area contributed by atoms with Crippen LogP contribution in [0.3, 0.4) is 0 Å². The van der Waals surface area contributed by atoms with Gasteiger partial charge in [0.1, 0.15) is 0 Å². The van der Waals surface area contributed by atoms with Crippen LogP contribution < -0.4 is 0 Å². The zero-order valence-electron chi connectivity index (χ0n) is 4.02. The normalized spacial score (nSPS) is 18.0. The summed E-state index contributed by atoms with van der Waals surface area (Å²) in [5.41, 5.74) is 0. The van der Waals surface area contributed by atoms with Gasteiger partial charge in [0.2, 0.25) is 0 Å². The van der Waals surface area contributed by atoms with E-state index in [-0.39, 0.29) is 41.5 Å². The number of hydrogen-bond donors (Lipinski definition) is 2. The van der Waals surface area contributed by atoms with Crippen molar-refractivity contribution in [2.75, 3.05) is 0 Å². The van der Waals surface area contributed by atoms with Crippen LogP contribution in [0.15, 0.2) is 23.0 Å². The number of thiol groups is 2. The SMILES string of the molecule is O=[SH]O[SH]1C=CC=C1.[NaH]. The Labute approximate surface area is 82.9 Å². The zero-order chi connectivity index (χ0) is 5.82. The topological polar surface area (TPSA) is 26.3 Å². The first-order valence-electron chi connectivity index (χ1n) is 2.06. The van der Waals surface area contributed by atoms with Crippen LogP contribution in [0.25, 0.3) is 0 Å². The van der Waals surface area contributed by atoms with Gasteiger partial charge in [-0.2, -0.15) is 0 Å². The van der Waals surface area contributed by atoms with Crippen molar-refractivity contribution < 1.29 is 7.84 Å². The third kappa shape index (κ3) is 3.60. The summed E-state index contributed by atoms with van der Waals surface area (Å²) in [7, 11) is 0. The van der Waals surface area contributed by atoms with Crippen molar-refractivity contribution in [3.63, 3.8) is 0 Å². The Morgan fingerprint density at radius 3 is 2.33 bits per heavy atom. The van der Waals surface area contributed by atoms with Crippen molar-refractivity contribution in [3.05, 3.63) is 23.0 Å².